The van der Waals surface area contributed by atoms with Crippen molar-refractivity contribution >= 4 is 54.8 Å². The molecule has 220 valence electrons. The number of hydrogen-bond acceptors (Lipinski definition) is 1. The zero-order valence-electron chi connectivity index (χ0n) is 25.5. The Morgan fingerprint density at radius 3 is 1.57 bits per heavy atom. The van der Waals surface area contributed by atoms with Crippen LogP contribution in [0.4, 0.5) is 0 Å². The summed E-state index contributed by atoms with van der Waals surface area (Å²) in [5.41, 5.74) is 13.4. The van der Waals surface area contributed by atoms with Gasteiger partial charge in [0.15, 0.2) is 5.58 Å². The number of furan rings is 1. The van der Waals surface area contributed by atoms with E-state index >= 15 is 0 Å². The fourth-order valence-corrected chi connectivity index (χ4v) is 7.46. The topological polar surface area (TPSA) is 23.0 Å². The Balaban J connectivity index is 1.17. The average Bonchev–Trinajstić information content (AvgIpc) is 3.78. The number of nitrogens with zero attached hydrogens (tertiary/aromatic N) is 2. The van der Waals surface area contributed by atoms with Crippen molar-refractivity contribution in [3.05, 3.63) is 170 Å². The van der Waals surface area contributed by atoms with E-state index < -0.39 is 0 Å². The third-order valence-electron chi connectivity index (χ3n) is 9.53. The molecule has 0 atom stereocenters. The van der Waals surface area contributed by atoms with E-state index in [1.165, 1.54) is 38.5 Å². The number of para-hydroxylation sites is 4. The molecule has 7 aromatic carbocycles. The van der Waals surface area contributed by atoms with Crippen LogP contribution in [0.25, 0.3) is 88.4 Å². The molecule has 0 bridgehead atoms. The molecular weight excluding hydrogens is 572 g/mol. The molecular formula is C44H28N2O. The zero-order chi connectivity index (χ0) is 30.9. The van der Waals surface area contributed by atoms with Gasteiger partial charge in [0.05, 0.1) is 16.6 Å². The number of benzene rings is 7. The first kappa shape index (κ1) is 26.0. The highest BCUT2D eigenvalue weighted by molar-refractivity contribution is 6.17. The van der Waals surface area contributed by atoms with Gasteiger partial charge in [-0.25, -0.2) is 0 Å². The second-order valence-electron chi connectivity index (χ2n) is 12.1. The molecule has 3 heterocycles. The largest absolute Gasteiger partial charge is 0.454 e. The molecule has 0 saturated carbocycles. The van der Waals surface area contributed by atoms with Gasteiger partial charge in [0.2, 0.25) is 0 Å². The fourth-order valence-electron chi connectivity index (χ4n) is 7.46. The lowest BCUT2D eigenvalue weighted by molar-refractivity contribution is 0.673. The van der Waals surface area contributed by atoms with Crippen LogP contribution in [0.15, 0.2) is 174 Å². The van der Waals surface area contributed by atoms with E-state index in [1.54, 1.807) is 0 Å². The molecule has 0 fully saturated rings. The van der Waals surface area contributed by atoms with Crippen molar-refractivity contribution in [3.63, 3.8) is 0 Å². The molecule has 10 aromatic rings. The van der Waals surface area contributed by atoms with E-state index in [9.17, 15) is 0 Å². The third kappa shape index (κ3) is 3.87. The smallest absolute Gasteiger partial charge is 0.161 e. The highest BCUT2D eigenvalue weighted by Gasteiger charge is 2.20. The van der Waals surface area contributed by atoms with Crippen molar-refractivity contribution in [1.29, 1.82) is 0 Å². The molecule has 10 rings (SSSR count). The Hall–Kier alpha value is -6.32. The molecule has 0 radical (unpaired) electrons. The third-order valence-corrected chi connectivity index (χ3v) is 9.53. The van der Waals surface area contributed by atoms with Gasteiger partial charge in [-0.2, -0.15) is 0 Å². The fraction of sp³-hybridized carbons (Fsp3) is 0. The van der Waals surface area contributed by atoms with Gasteiger partial charge in [0, 0.05) is 32.9 Å². The van der Waals surface area contributed by atoms with Crippen LogP contribution in [0.3, 0.4) is 0 Å². The van der Waals surface area contributed by atoms with Crippen LogP contribution < -0.4 is 0 Å². The van der Waals surface area contributed by atoms with Crippen molar-refractivity contribution < 1.29 is 4.42 Å². The maximum atomic E-state index is 6.71. The molecule has 0 aliphatic carbocycles. The summed E-state index contributed by atoms with van der Waals surface area (Å²) in [5, 5.41) is 4.73. The molecule has 0 N–H and O–H groups in total. The summed E-state index contributed by atoms with van der Waals surface area (Å²) in [4.78, 5) is 0. The van der Waals surface area contributed by atoms with Crippen molar-refractivity contribution in [1.82, 2.24) is 9.13 Å². The highest BCUT2D eigenvalue weighted by atomic mass is 16.3. The first-order valence-electron chi connectivity index (χ1n) is 16.0. The predicted molar refractivity (Wildman–Crippen MR) is 196 cm³/mol. The summed E-state index contributed by atoms with van der Waals surface area (Å²) in [6, 6.07) is 60.6. The van der Waals surface area contributed by atoms with Crippen LogP contribution in [0, 0.1) is 0 Å². The average molecular weight is 601 g/mol. The molecule has 0 aliphatic rings. The Bertz CT molecular complexity index is 2780. The standard InChI is InChI=1S/C44H28N2O/c1-3-13-31(14-4-1)45-39-21-11-9-19-35(39)36-25-23-29(27-41(36)45)33-17-7-8-18-34(33)30-24-26-38-42(28-30)47-44-37-20-10-12-22-40(37)46(43(38)44)32-15-5-2-6-16-32/h1-28H. The van der Waals surface area contributed by atoms with Crippen LogP contribution in [0.5, 0.6) is 0 Å². The van der Waals surface area contributed by atoms with Gasteiger partial charge in [0.1, 0.15) is 11.1 Å². The Morgan fingerprint density at radius 1 is 0.362 bits per heavy atom. The van der Waals surface area contributed by atoms with Crippen LogP contribution in [0.2, 0.25) is 0 Å². The number of fused-ring (bicyclic) bond motifs is 8. The maximum absolute atomic E-state index is 6.71. The maximum Gasteiger partial charge on any atom is 0.161 e. The molecule has 3 heteroatoms. The van der Waals surface area contributed by atoms with Crippen molar-refractivity contribution in [2.45, 2.75) is 0 Å². The van der Waals surface area contributed by atoms with Crippen LogP contribution in [-0.2, 0) is 0 Å². The summed E-state index contributed by atoms with van der Waals surface area (Å²) >= 11 is 0. The highest BCUT2D eigenvalue weighted by Crippen LogP contribution is 2.42. The Morgan fingerprint density at radius 2 is 0.872 bits per heavy atom. The SMILES string of the molecule is c1ccc(-n2c3ccccc3c3ccc(-c4ccccc4-c4ccc5c(c4)oc4c6ccccc6n(-c6ccccc6)c54)cc32)cc1. The minimum absolute atomic E-state index is 0.886. The van der Waals surface area contributed by atoms with E-state index in [4.69, 9.17) is 4.42 Å². The summed E-state index contributed by atoms with van der Waals surface area (Å²) in [6.07, 6.45) is 0. The van der Waals surface area contributed by atoms with Gasteiger partial charge >= 0.3 is 0 Å². The predicted octanol–water partition coefficient (Wildman–Crippen LogP) is 12.0. The van der Waals surface area contributed by atoms with Gasteiger partial charge in [-0.15, -0.1) is 0 Å². The number of rotatable bonds is 4. The Kier molecular flexibility index (Phi) is 5.57. The van der Waals surface area contributed by atoms with Gasteiger partial charge < -0.3 is 13.6 Å². The Labute approximate surface area is 271 Å². The van der Waals surface area contributed by atoms with E-state index in [2.05, 4.69) is 179 Å². The molecule has 47 heavy (non-hydrogen) atoms. The van der Waals surface area contributed by atoms with Gasteiger partial charge in [0.25, 0.3) is 0 Å². The zero-order valence-corrected chi connectivity index (χ0v) is 25.5. The quantitative estimate of drug-likeness (QED) is 0.197. The van der Waals surface area contributed by atoms with E-state index in [-0.39, 0.29) is 0 Å². The molecule has 0 unspecified atom stereocenters. The normalized spacial score (nSPS) is 11.8. The van der Waals surface area contributed by atoms with Crippen molar-refractivity contribution in [2.24, 2.45) is 0 Å². The first-order chi connectivity index (χ1) is 23.3. The van der Waals surface area contributed by atoms with E-state index in [0.29, 0.717) is 0 Å². The molecule has 0 spiro atoms. The first-order valence-corrected chi connectivity index (χ1v) is 16.0. The molecule has 0 aliphatic heterocycles. The summed E-state index contributed by atoms with van der Waals surface area (Å²) in [6.45, 7) is 0. The molecule has 0 amide bonds. The summed E-state index contributed by atoms with van der Waals surface area (Å²) < 4.78 is 11.4. The monoisotopic (exact) mass is 600 g/mol. The number of aromatic nitrogens is 2. The lowest BCUT2D eigenvalue weighted by Crippen LogP contribution is -1.93. The lowest BCUT2D eigenvalue weighted by atomic mass is 9.93. The van der Waals surface area contributed by atoms with E-state index in [1.807, 2.05) is 0 Å². The second-order valence-corrected chi connectivity index (χ2v) is 12.1. The molecule has 0 saturated heterocycles. The summed E-state index contributed by atoms with van der Waals surface area (Å²) in [5.74, 6) is 0. The molecule has 3 nitrogen and oxygen atoms in total. The van der Waals surface area contributed by atoms with Gasteiger partial charge in [-0.3, -0.25) is 0 Å². The second kappa shape index (κ2) is 10.1. The van der Waals surface area contributed by atoms with Gasteiger partial charge in [-0.1, -0.05) is 109 Å². The van der Waals surface area contributed by atoms with E-state index in [0.717, 1.165) is 49.9 Å². The minimum Gasteiger partial charge on any atom is -0.454 e. The van der Waals surface area contributed by atoms with Crippen LogP contribution >= 0.6 is 0 Å². The van der Waals surface area contributed by atoms with Crippen LogP contribution in [0.1, 0.15) is 0 Å². The lowest BCUT2D eigenvalue weighted by Gasteiger charge is -2.12. The number of hydrogen-bond donors (Lipinski definition) is 0. The van der Waals surface area contributed by atoms with Crippen LogP contribution in [-0.4, -0.2) is 9.13 Å². The van der Waals surface area contributed by atoms with Crippen molar-refractivity contribution in [2.75, 3.05) is 0 Å². The van der Waals surface area contributed by atoms with Crippen molar-refractivity contribution in [3.8, 4) is 33.6 Å². The summed E-state index contributed by atoms with van der Waals surface area (Å²) in [7, 11) is 0. The van der Waals surface area contributed by atoms with Gasteiger partial charge in [-0.05, 0) is 82.9 Å². The minimum atomic E-state index is 0.886. The molecule has 3 aromatic heterocycles.